The average molecular weight is 470 g/mol. The SMILES string of the molecule is C=CCn1c(SCC(=O)NC(Cc2ccccc2)C(=O)O)nc2sc3c(c2c1=O)CCC3. The number of amides is 1. The zero-order valence-electron chi connectivity index (χ0n) is 17.4. The van der Waals surface area contributed by atoms with Gasteiger partial charge in [-0.25, -0.2) is 9.78 Å². The van der Waals surface area contributed by atoms with Gasteiger partial charge >= 0.3 is 5.97 Å². The van der Waals surface area contributed by atoms with Gasteiger partial charge in [0.25, 0.3) is 5.56 Å². The lowest BCUT2D eigenvalue weighted by atomic mass is 10.1. The first-order valence-corrected chi connectivity index (χ1v) is 12.1. The highest BCUT2D eigenvalue weighted by Gasteiger charge is 2.24. The molecule has 0 spiro atoms. The van der Waals surface area contributed by atoms with E-state index in [1.165, 1.54) is 9.44 Å². The van der Waals surface area contributed by atoms with Crippen molar-refractivity contribution in [2.24, 2.45) is 0 Å². The van der Waals surface area contributed by atoms with Gasteiger partial charge in [0, 0.05) is 17.8 Å². The molecule has 3 aromatic rings. The van der Waals surface area contributed by atoms with Gasteiger partial charge < -0.3 is 10.4 Å². The van der Waals surface area contributed by atoms with Crippen molar-refractivity contribution < 1.29 is 14.7 Å². The maximum atomic E-state index is 13.2. The Bertz CT molecular complexity index is 1230. The summed E-state index contributed by atoms with van der Waals surface area (Å²) in [6.45, 7) is 4.03. The van der Waals surface area contributed by atoms with E-state index in [0.717, 1.165) is 42.2 Å². The molecule has 0 bridgehead atoms. The molecule has 0 aliphatic heterocycles. The molecule has 32 heavy (non-hydrogen) atoms. The number of rotatable bonds is 9. The van der Waals surface area contributed by atoms with Crippen molar-refractivity contribution in [1.29, 1.82) is 0 Å². The van der Waals surface area contributed by atoms with Crippen LogP contribution in [-0.2, 0) is 35.4 Å². The van der Waals surface area contributed by atoms with E-state index in [9.17, 15) is 19.5 Å². The molecule has 1 aromatic carbocycles. The van der Waals surface area contributed by atoms with Crippen LogP contribution in [0.1, 0.15) is 22.4 Å². The second-order valence-electron chi connectivity index (χ2n) is 7.57. The number of thiophene rings is 1. The highest BCUT2D eigenvalue weighted by molar-refractivity contribution is 7.99. The van der Waals surface area contributed by atoms with Crippen LogP contribution in [0.5, 0.6) is 0 Å². The summed E-state index contributed by atoms with van der Waals surface area (Å²) in [5.41, 5.74) is 1.83. The van der Waals surface area contributed by atoms with Gasteiger partial charge in [0.05, 0.1) is 11.1 Å². The minimum Gasteiger partial charge on any atom is -0.480 e. The number of carboxylic acids is 1. The Balaban J connectivity index is 1.51. The monoisotopic (exact) mass is 469 g/mol. The fourth-order valence-electron chi connectivity index (χ4n) is 3.87. The number of aryl methyl sites for hydroxylation is 2. The van der Waals surface area contributed by atoms with E-state index in [-0.39, 0.29) is 17.7 Å². The first-order valence-electron chi connectivity index (χ1n) is 10.3. The number of aliphatic carboxylic acids is 1. The van der Waals surface area contributed by atoms with Crippen molar-refractivity contribution >= 4 is 45.2 Å². The van der Waals surface area contributed by atoms with E-state index in [4.69, 9.17) is 0 Å². The molecule has 7 nitrogen and oxygen atoms in total. The van der Waals surface area contributed by atoms with Crippen LogP contribution < -0.4 is 10.9 Å². The average Bonchev–Trinajstić information content (AvgIpc) is 3.35. The van der Waals surface area contributed by atoms with E-state index in [1.807, 2.05) is 30.3 Å². The van der Waals surface area contributed by atoms with Gasteiger partial charge in [-0.1, -0.05) is 48.2 Å². The molecule has 0 radical (unpaired) electrons. The second-order valence-corrected chi connectivity index (χ2v) is 9.60. The van der Waals surface area contributed by atoms with E-state index >= 15 is 0 Å². The summed E-state index contributed by atoms with van der Waals surface area (Å²) < 4.78 is 1.54. The van der Waals surface area contributed by atoms with E-state index in [2.05, 4.69) is 16.9 Å². The van der Waals surface area contributed by atoms with Crippen molar-refractivity contribution in [3.05, 3.63) is 69.3 Å². The Morgan fingerprint density at radius 1 is 1.31 bits per heavy atom. The molecule has 0 saturated heterocycles. The maximum Gasteiger partial charge on any atom is 0.326 e. The third-order valence-electron chi connectivity index (χ3n) is 5.35. The van der Waals surface area contributed by atoms with Crippen LogP contribution in [0.15, 0.2) is 52.9 Å². The quantitative estimate of drug-likeness (QED) is 0.284. The molecule has 9 heteroatoms. The van der Waals surface area contributed by atoms with E-state index in [1.54, 1.807) is 17.4 Å². The van der Waals surface area contributed by atoms with Crippen LogP contribution in [0, 0.1) is 0 Å². The molecular formula is C23H23N3O4S2. The lowest BCUT2D eigenvalue weighted by Gasteiger charge is -2.15. The summed E-state index contributed by atoms with van der Waals surface area (Å²) in [4.78, 5) is 43.9. The van der Waals surface area contributed by atoms with E-state index in [0.29, 0.717) is 21.9 Å². The first kappa shape index (κ1) is 22.3. The number of thioether (sulfide) groups is 1. The van der Waals surface area contributed by atoms with Gasteiger partial charge in [0.2, 0.25) is 5.91 Å². The lowest BCUT2D eigenvalue weighted by molar-refractivity contribution is -0.141. The second kappa shape index (κ2) is 9.70. The number of nitrogens with zero attached hydrogens (tertiary/aromatic N) is 2. The topological polar surface area (TPSA) is 101 Å². The summed E-state index contributed by atoms with van der Waals surface area (Å²) >= 11 is 2.68. The van der Waals surface area contributed by atoms with Crippen LogP contribution in [0.25, 0.3) is 10.2 Å². The van der Waals surface area contributed by atoms with Crippen LogP contribution >= 0.6 is 23.1 Å². The van der Waals surface area contributed by atoms with Gasteiger partial charge in [-0.3, -0.25) is 14.2 Å². The summed E-state index contributed by atoms with van der Waals surface area (Å²) in [5, 5.41) is 13.2. The number of carbonyl (C=O) groups excluding carboxylic acids is 1. The number of fused-ring (bicyclic) bond motifs is 3. The highest BCUT2D eigenvalue weighted by atomic mass is 32.2. The number of aromatic nitrogens is 2. The zero-order chi connectivity index (χ0) is 22.7. The molecule has 2 N–H and O–H groups in total. The summed E-state index contributed by atoms with van der Waals surface area (Å²) in [6, 6.07) is 8.12. The number of carboxylic acid groups (broad SMARTS) is 1. The molecule has 1 aliphatic rings. The van der Waals surface area contributed by atoms with Crippen LogP contribution in [0.3, 0.4) is 0 Å². The van der Waals surface area contributed by atoms with Crippen LogP contribution in [-0.4, -0.2) is 38.3 Å². The Morgan fingerprint density at radius 3 is 2.81 bits per heavy atom. The van der Waals surface area contributed by atoms with Gasteiger partial charge in [-0.2, -0.15) is 0 Å². The molecule has 2 heterocycles. The minimum atomic E-state index is -1.09. The molecule has 0 saturated carbocycles. The van der Waals surface area contributed by atoms with Gasteiger partial charge in [-0.15, -0.1) is 17.9 Å². The molecule has 4 rings (SSSR count). The fraction of sp³-hybridized carbons (Fsp3) is 0.304. The zero-order valence-corrected chi connectivity index (χ0v) is 19.0. The predicted octanol–water partition coefficient (Wildman–Crippen LogP) is 3.04. The van der Waals surface area contributed by atoms with E-state index < -0.39 is 17.9 Å². The normalized spacial score (nSPS) is 13.6. The van der Waals surface area contributed by atoms with Crippen molar-refractivity contribution in [3.8, 4) is 0 Å². The molecule has 1 atom stereocenters. The Kier molecular flexibility index (Phi) is 6.76. The first-order chi connectivity index (χ1) is 15.5. The lowest BCUT2D eigenvalue weighted by Crippen LogP contribution is -2.43. The number of hydrogen-bond donors (Lipinski definition) is 2. The van der Waals surface area contributed by atoms with Gasteiger partial charge in [0.1, 0.15) is 10.9 Å². The Morgan fingerprint density at radius 2 is 2.09 bits per heavy atom. The fourth-order valence-corrected chi connectivity index (χ4v) is 6.00. The number of carbonyl (C=O) groups is 2. The molecule has 2 aromatic heterocycles. The van der Waals surface area contributed by atoms with Crippen molar-refractivity contribution in [1.82, 2.24) is 14.9 Å². The molecule has 0 fully saturated rings. The largest absolute Gasteiger partial charge is 0.480 e. The highest BCUT2D eigenvalue weighted by Crippen LogP contribution is 2.35. The van der Waals surface area contributed by atoms with Crippen molar-refractivity contribution in [2.75, 3.05) is 5.75 Å². The standard InChI is InChI=1S/C23H23N3O4S2/c1-2-11-26-21(28)19-15-9-6-10-17(15)32-20(19)25-23(26)31-13-18(27)24-16(22(29)30)12-14-7-4-3-5-8-14/h2-5,7-8,16H,1,6,9-13H2,(H,24,27)(H,29,30). The summed E-state index contributed by atoms with van der Waals surface area (Å²) in [7, 11) is 0. The van der Waals surface area contributed by atoms with Gasteiger partial charge in [-0.05, 0) is 30.4 Å². The third kappa shape index (κ3) is 4.63. The van der Waals surface area contributed by atoms with Gasteiger partial charge in [0.15, 0.2) is 5.16 Å². The molecule has 1 aliphatic carbocycles. The van der Waals surface area contributed by atoms with Crippen molar-refractivity contribution in [3.63, 3.8) is 0 Å². The van der Waals surface area contributed by atoms with Crippen molar-refractivity contribution in [2.45, 2.75) is 43.4 Å². The summed E-state index contributed by atoms with van der Waals surface area (Å²) in [5.74, 6) is -1.56. The summed E-state index contributed by atoms with van der Waals surface area (Å²) in [6.07, 6.45) is 4.75. The van der Waals surface area contributed by atoms with Crippen LogP contribution in [0.2, 0.25) is 0 Å². The van der Waals surface area contributed by atoms with Crippen LogP contribution in [0.4, 0.5) is 0 Å². The number of nitrogens with one attached hydrogen (secondary N) is 1. The number of hydrogen-bond acceptors (Lipinski definition) is 6. The molecule has 166 valence electrons. The smallest absolute Gasteiger partial charge is 0.326 e. The Labute approximate surface area is 193 Å². The Hall–Kier alpha value is -2.91. The molecule has 1 amide bonds. The molecular weight excluding hydrogens is 446 g/mol. The number of benzene rings is 1. The maximum absolute atomic E-state index is 13.2. The number of allylic oxidation sites excluding steroid dienone is 1. The third-order valence-corrected chi connectivity index (χ3v) is 7.51. The molecule has 1 unspecified atom stereocenters. The predicted molar refractivity (Wildman–Crippen MR) is 127 cm³/mol. The minimum absolute atomic E-state index is 0.0429.